The smallest absolute Gasteiger partial charge is 0.219 e. The summed E-state index contributed by atoms with van der Waals surface area (Å²) < 4.78 is 27.8. The predicted octanol–water partition coefficient (Wildman–Crippen LogP) is 4.99. The van der Waals surface area contributed by atoms with Crippen molar-refractivity contribution in [2.45, 2.75) is 40.2 Å². The molecular weight excluding hydrogens is 382 g/mol. The molecule has 2 atom stereocenters. The third-order valence-electron chi connectivity index (χ3n) is 5.90. The number of hydrogen-bond acceptors (Lipinski definition) is 2. The van der Waals surface area contributed by atoms with Crippen LogP contribution in [-0.2, 0) is 11.3 Å². The van der Waals surface area contributed by atoms with E-state index in [2.05, 4.69) is 18.7 Å². The van der Waals surface area contributed by atoms with E-state index >= 15 is 0 Å². The van der Waals surface area contributed by atoms with Gasteiger partial charge in [-0.2, -0.15) is 0 Å². The van der Waals surface area contributed by atoms with Crippen LogP contribution in [0.1, 0.15) is 43.4 Å². The molecule has 0 spiro atoms. The molecule has 5 heteroatoms. The van der Waals surface area contributed by atoms with Crippen LogP contribution in [0.2, 0.25) is 0 Å². The van der Waals surface area contributed by atoms with Gasteiger partial charge < -0.3 is 4.90 Å². The second-order valence-electron chi connectivity index (χ2n) is 9.02. The van der Waals surface area contributed by atoms with Crippen LogP contribution in [0.25, 0.3) is 0 Å². The van der Waals surface area contributed by atoms with Gasteiger partial charge in [0.05, 0.1) is 0 Å². The number of rotatable bonds is 7. The molecule has 2 aromatic carbocycles. The minimum atomic E-state index is -0.253. The van der Waals surface area contributed by atoms with E-state index in [-0.39, 0.29) is 29.4 Å². The van der Waals surface area contributed by atoms with E-state index in [1.807, 2.05) is 30.0 Å². The Morgan fingerprint density at radius 1 is 1.13 bits per heavy atom. The van der Waals surface area contributed by atoms with Gasteiger partial charge in [0, 0.05) is 51.1 Å². The zero-order chi connectivity index (χ0) is 21.8. The molecule has 162 valence electrons. The van der Waals surface area contributed by atoms with Gasteiger partial charge in [-0.1, -0.05) is 43.7 Å². The van der Waals surface area contributed by atoms with Crippen LogP contribution in [0.5, 0.6) is 0 Å². The number of hydrogen-bond donors (Lipinski definition) is 0. The minimum Gasteiger partial charge on any atom is -0.342 e. The summed E-state index contributed by atoms with van der Waals surface area (Å²) in [6.07, 6.45) is 0. The summed E-state index contributed by atoms with van der Waals surface area (Å²) in [5, 5.41) is 0. The molecule has 1 aliphatic rings. The Kier molecular flexibility index (Phi) is 7.24. The van der Waals surface area contributed by atoms with E-state index in [9.17, 15) is 13.6 Å². The molecule has 2 aromatic rings. The molecule has 0 aliphatic carbocycles. The fraction of sp³-hybridized carbons (Fsp3) is 0.480. The van der Waals surface area contributed by atoms with Crippen LogP contribution >= 0.6 is 0 Å². The molecule has 0 bridgehead atoms. The minimum absolute atomic E-state index is 0.0738. The Labute approximate surface area is 178 Å². The van der Waals surface area contributed by atoms with Gasteiger partial charge in [-0.05, 0) is 42.5 Å². The van der Waals surface area contributed by atoms with Crippen molar-refractivity contribution >= 4 is 5.91 Å². The molecular formula is C25H32F2N2O. The molecule has 1 fully saturated rings. The van der Waals surface area contributed by atoms with Crippen molar-refractivity contribution in [2.24, 2.45) is 11.8 Å². The van der Waals surface area contributed by atoms with Crippen LogP contribution in [0.4, 0.5) is 8.78 Å². The molecule has 1 saturated heterocycles. The van der Waals surface area contributed by atoms with Crippen LogP contribution < -0.4 is 0 Å². The molecule has 0 N–H and O–H groups in total. The van der Waals surface area contributed by atoms with E-state index in [0.717, 1.165) is 24.2 Å². The molecule has 0 aromatic heterocycles. The molecule has 1 amide bonds. The Bertz CT molecular complexity index is 866. The monoisotopic (exact) mass is 414 g/mol. The average molecular weight is 415 g/mol. The molecule has 30 heavy (non-hydrogen) atoms. The standard InChI is InChI=1S/C25H32F2N2O/c1-17(2)12-29(19(4)30)15-22-14-28(13-21-11-18(3)5-10-25(21)27)16-24(22)20-6-8-23(26)9-7-20/h5-11,17,22,24H,12-16H2,1-4H3/t22-,24+/m1/s1. The highest BCUT2D eigenvalue weighted by atomic mass is 19.1. The van der Waals surface area contributed by atoms with E-state index < -0.39 is 0 Å². The van der Waals surface area contributed by atoms with E-state index in [1.54, 1.807) is 13.0 Å². The maximum Gasteiger partial charge on any atom is 0.219 e. The lowest BCUT2D eigenvalue weighted by atomic mass is 9.88. The van der Waals surface area contributed by atoms with E-state index in [1.165, 1.54) is 18.2 Å². The Morgan fingerprint density at radius 2 is 1.83 bits per heavy atom. The summed E-state index contributed by atoms with van der Waals surface area (Å²) >= 11 is 0. The van der Waals surface area contributed by atoms with Gasteiger partial charge in [0.2, 0.25) is 5.91 Å². The SMILES string of the molecule is CC(=O)N(CC(C)C)C[C@H]1CN(Cc2cc(C)ccc2F)C[C@H]1c1ccc(F)cc1. The first-order valence-corrected chi connectivity index (χ1v) is 10.7. The fourth-order valence-corrected chi connectivity index (χ4v) is 4.48. The molecule has 3 nitrogen and oxygen atoms in total. The lowest BCUT2D eigenvalue weighted by Crippen LogP contribution is -2.38. The largest absolute Gasteiger partial charge is 0.342 e. The van der Waals surface area contributed by atoms with Crippen molar-refractivity contribution in [3.05, 3.63) is 70.8 Å². The Balaban J connectivity index is 1.82. The lowest BCUT2D eigenvalue weighted by molar-refractivity contribution is -0.130. The summed E-state index contributed by atoms with van der Waals surface area (Å²) in [5.41, 5.74) is 2.80. The quantitative estimate of drug-likeness (QED) is 0.637. The van der Waals surface area contributed by atoms with Crippen LogP contribution in [0, 0.1) is 30.4 Å². The molecule has 0 unspecified atom stereocenters. The highest BCUT2D eigenvalue weighted by Crippen LogP contribution is 2.34. The third-order valence-corrected chi connectivity index (χ3v) is 5.90. The highest BCUT2D eigenvalue weighted by Gasteiger charge is 2.35. The van der Waals surface area contributed by atoms with Crippen LogP contribution in [0.3, 0.4) is 0 Å². The van der Waals surface area contributed by atoms with Crippen molar-refractivity contribution in [2.75, 3.05) is 26.2 Å². The van der Waals surface area contributed by atoms with Crippen molar-refractivity contribution < 1.29 is 13.6 Å². The van der Waals surface area contributed by atoms with Crippen molar-refractivity contribution in [3.8, 4) is 0 Å². The first kappa shape index (κ1) is 22.4. The molecule has 1 aliphatic heterocycles. The van der Waals surface area contributed by atoms with Gasteiger partial charge in [0.1, 0.15) is 11.6 Å². The molecule has 3 rings (SSSR count). The van der Waals surface area contributed by atoms with Gasteiger partial charge in [-0.15, -0.1) is 0 Å². The number of amides is 1. The van der Waals surface area contributed by atoms with Gasteiger partial charge in [-0.25, -0.2) is 8.78 Å². The Hall–Kier alpha value is -2.27. The summed E-state index contributed by atoms with van der Waals surface area (Å²) in [6.45, 7) is 11.2. The lowest BCUT2D eigenvalue weighted by Gasteiger charge is -2.29. The second kappa shape index (κ2) is 9.69. The van der Waals surface area contributed by atoms with Crippen LogP contribution in [0.15, 0.2) is 42.5 Å². The number of likely N-dealkylation sites (tertiary alicyclic amines) is 1. The van der Waals surface area contributed by atoms with E-state index in [4.69, 9.17) is 0 Å². The van der Waals surface area contributed by atoms with E-state index in [0.29, 0.717) is 31.1 Å². The predicted molar refractivity (Wildman–Crippen MR) is 116 cm³/mol. The normalized spacial score (nSPS) is 19.4. The first-order chi connectivity index (χ1) is 14.2. The van der Waals surface area contributed by atoms with Crippen LogP contribution in [-0.4, -0.2) is 41.9 Å². The summed E-state index contributed by atoms with van der Waals surface area (Å²) in [7, 11) is 0. The number of carbonyl (C=O) groups is 1. The Morgan fingerprint density at radius 3 is 2.47 bits per heavy atom. The van der Waals surface area contributed by atoms with Crippen molar-refractivity contribution in [3.63, 3.8) is 0 Å². The summed E-state index contributed by atoms with van der Waals surface area (Å²) in [5.74, 6) is 0.407. The molecule has 1 heterocycles. The maximum absolute atomic E-state index is 14.3. The number of aryl methyl sites for hydroxylation is 1. The van der Waals surface area contributed by atoms with Gasteiger partial charge in [0.25, 0.3) is 0 Å². The highest BCUT2D eigenvalue weighted by molar-refractivity contribution is 5.73. The first-order valence-electron chi connectivity index (χ1n) is 10.7. The topological polar surface area (TPSA) is 23.6 Å². The average Bonchev–Trinajstić information content (AvgIpc) is 3.06. The zero-order valence-electron chi connectivity index (χ0n) is 18.4. The third kappa shape index (κ3) is 5.66. The molecule has 0 saturated carbocycles. The number of benzene rings is 2. The fourth-order valence-electron chi connectivity index (χ4n) is 4.48. The maximum atomic E-state index is 14.3. The van der Waals surface area contributed by atoms with Gasteiger partial charge in [-0.3, -0.25) is 9.69 Å². The van der Waals surface area contributed by atoms with Crippen molar-refractivity contribution in [1.82, 2.24) is 9.80 Å². The zero-order valence-corrected chi connectivity index (χ0v) is 18.4. The number of halogens is 2. The number of nitrogens with zero attached hydrogens (tertiary/aromatic N) is 2. The summed E-state index contributed by atoms with van der Waals surface area (Å²) in [6, 6.07) is 11.9. The summed E-state index contributed by atoms with van der Waals surface area (Å²) in [4.78, 5) is 16.4. The molecule has 0 radical (unpaired) electrons. The number of carbonyl (C=O) groups excluding carboxylic acids is 1. The van der Waals surface area contributed by atoms with Gasteiger partial charge in [0.15, 0.2) is 0 Å². The van der Waals surface area contributed by atoms with Gasteiger partial charge >= 0.3 is 0 Å². The second-order valence-corrected chi connectivity index (χ2v) is 9.02. The van der Waals surface area contributed by atoms with Crippen molar-refractivity contribution in [1.29, 1.82) is 0 Å².